The third-order valence-electron chi connectivity index (χ3n) is 6.63. The van der Waals surface area contributed by atoms with Crippen LogP contribution >= 0.6 is 11.3 Å². The zero-order valence-electron chi connectivity index (χ0n) is 20.7. The number of hydrogen-bond donors (Lipinski definition) is 2. The second-order valence-corrected chi connectivity index (χ2v) is 10.5. The van der Waals surface area contributed by atoms with Crippen molar-refractivity contribution >= 4 is 21.6 Å². The molecule has 202 valence electrons. The van der Waals surface area contributed by atoms with Crippen LogP contribution in [0.1, 0.15) is 35.2 Å². The predicted octanol–water partition coefficient (Wildman–Crippen LogP) is 3.59. The molecular weight excluding hydrogens is 535 g/mol. The monoisotopic (exact) mass is 557 g/mol. The number of halogens is 3. The molecule has 10 nitrogen and oxygen atoms in total. The molecule has 0 spiro atoms. The molecule has 0 amide bonds. The first-order valence-electron chi connectivity index (χ1n) is 12.0. The van der Waals surface area contributed by atoms with E-state index < -0.39 is 48.4 Å². The minimum absolute atomic E-state index is 0.0153. The Labute approximate surface area is 223 Å². The number of aromatic nitrogens is 7. The number of benzene rings is 2. The van der Waals surface area contributed by atoms with E-state index >= 15 is 0 Å². The molecule has 4 unspecified atom stereocenters. The zero-order valence-corrected chi connectivity index (χ0v) is 21.5. The van der Waals surface area contributed by atoms with Crippen molar-refractivity contribution in [2.24, 2.45) is 0 Å². The minimum Gasteiger partial charge on any atom is -0.394 e. The third kappa shape index (κ3) is 4.58. The largest absolute Gasteiger partial charge is 0.394 e. The summed E-state index contributed by atoms with van der Waals surface area (Å²) in [6.45, 7) is 3.20. The van der Waals surface area contributed by atoms with Crippen LogP contribution in [0, 0.1) is 31.3 Å². The van der Waals surface area contributed by atoms with E-state index in [1.165, 1.54) is 10.9 Å². The van der Waals surface area contributed by atoms with Gasteiger partial charge in [0.2, 0.25) is 0 Å². The lowest BCUT2D eigenvalue weighted by Gasteiger charge is -2.38. The van der Waals surface area contributed by atoms with Crippen LogP contribution in [0.3, 0.4) is 0 Å². The fraction of sp³-hybridized carbons (Fsp3) is 0.320. The summed E-state index contributed by atoms with van der Waals surface area (Å²) in [7, 11) is 0. The van der Waals surface area contributed by atoms with Crippen LogP contribution in [0.5, 0.6) is 0 Å². The number of ether oxygens (including phenoxy) is 1. The van der Waals surface area contributed by atoms with Gasteiger partial charge in [0, 0.05) is 12.0 Å². The van der Waals surface area contributed by atoms with Crippen molar-refractivity contribution < 1.29 is 28.1 Å². The van der Waals surface area contributed by atoms with Crippen molar-refractivity contribution in [2.75, 3.05) is 6.61 Å². The third-order valence-corrected chi connectivity index (χ3v) is 7.56. The Morgan fingerprint density at radius 2 is 1.87 bits per heavy atom. The maximum absolute atomic E-state index is 13.8. The van der Waals surface area contributed by atoms with Gasteiger partial charge in [-0.15, -0.1) is 16.4 Å². The average Bonchev–Trinajstić information content (AvgIpc) is 3.64. The van der Waals surface area contributed by atoms with Gasteiger partial charge >= 0.3 is 0 Å². The van der Waals surface area contributed by atoms with Crippen LogP contribution in [-0.2, 0) is 4.74 Å². The van der Waals surface area contributed by atoms with Crippen LogP contribution < -0.4 is 0 Å². The van der Waals surface area contributed by atoms with E-state index in [4.69, 9.17) is 4.74 Å². The summed E-state index contributed by atoms with van der Waals surface area (Å²) < 4.78 is 51.0. The maximum atomic E-state index is 13.8. The highest BCUT2D eigenvalue weighted by molar-refractivity contribution is 7.18. The van der Waals surface area contributed by atoms with E-state index in [1.54, 1.807) is 22.9 Å². The highest BCUT2D eigenvalue weighted by Gasteiger charge is 2.41. The number of aliphatic hydroxyl groups is 2. The van der Waals surface area contributed by atoms with E-state index in [0.717, 1.165) is 33.0 Å². The van der Waals surface area contributed by atoms with E-state index in [2.05, 4.69) is 25.4 Å². The van der Waals surface area contributed by atoms with Crippen LogP contribution in [0.4, 0.5) is 13.2 Å². The predicted molar refractivity (Wildman–Crippen MR) is 134 cm³/mol. The molecule has 0 saturated carbocycles. The molecule has 39 heavy (non-hydrogen) atoms. The van der Waals surface area contributed by atoms with Gasteiger partial charge in [0.15, 0.2) is 23.3 Å². The topological polar surface area (TPSA) is 124 Å². The van der Waals surface area contributed by atoms with Crippen molar-refractivity contribution in [3.63, 3.8) is 0 Å². The molecule has 4 heterocycles. The van der Waals surface area contributed by atoms with Crippen LogP contribution in [0.15, 0.2) is 36.5 Å². The Morgan fingerprint density at radius 1 is 1.10 bits per heavy atom. The Morgan fingerprint density at radius 3 is 2.62 bits per heavy atom. The molecule has 0 aliphatic carbocycles. The normalized spacial score (nSPS) is 21.6. The van der Waals surface area contributed by atoms with Crippen molar-refractivity contribution in [1.82, 2.24) is 34.7 Å². The molecule has 1 aliphatic rings. The molecule has 0 radical (unpaired) electrons. The zero-order chi connectivity index (χ0) is 27.4. The number of aliphatic hydroxyl groups excluding tert-OH is 2. The molecule has 4 atom stereocenters. The first kappa shape index (κ1) is 25.6. The quantitative estimate of drug-likeness (QED) is 0.314. The summed E-state index contributed by atoms with van der Waals surface area (Å²) in [5.74, 6) is -3.32. The molecule has 6 rings (SSSR count). The molecule has 1 aliphatic heterocycles. The van der Waals surface area contributed by atoms with E-state index in [0.29, 0.717) is 11.6 Å². The summed E-state index contributed by atoms with van der Waals surface area (Å²) in [5.41, 5.74) is 1.69. The van der Waals surface area contributed by atoms with Crippen LogP contribution in [0.2, 0.25) is 0 Å². The van der Waals surface area contributed by atoms with Gasteiger partial charge in [-0.2, -0.15) is 5.10 Å². The van der Waals surface area contributed by atoms with Crippen molar-refractivity contribution in [1.29, 1.82) is 0 Å². The standard InChI is InChI=1S/C25H22F3N7O3S/c1-11-29-25(35(32-11)14-3-4-17-22(7-14)39-12(2)30-17)20-8-19(24(37)21(10-36)38-20)34-9-18(31-33-34)13-5-15(26)23(28)16(27)6-13/h3-7,9,19-21,24,36-37H,8,10H2,1-2H3. The molecule has 2 aromatic carbocycles. The Balaban J connectivity index is 1.35. The van der Waals surface area contributed by atoms with Gasteiger partial charge in [-0.25, -0.2) is 32.5 Å². The van der Waals surface area contributed by atoms with Gasteiger partial charge in [0.05, 0.1) is 39.8 Å². The molecule has 3 aromatic heterocycles. The summed E-state index contributed by atoms with van der Waals surface area (Å²) in [6.07, 6.45) is -1.31. The first-order valence-corrected chi connectivity index (χ1v) is 12.9. The number of fused-ring (bicyclic) bond motifs is 1. The number of aryl methyl sites for hydroxylation is 2. The van der Waals surface area contributed by atoms with E-state index in [1.807, 2.05) is 25.1 Å². The molecule has 2 N–H and O–H groups in total. The summed E-state index contributed by atoms with van der Waals surface area (Å²) >= 11 is 1.56. The lowest BCUT2D eigenvalue weighted by molar-refractivity contribution is -0.161. The summed E-state index contributed by atoms with van der Waals surface area (Å²) in [6, 6.07) is 6.63. The highest BCUT2D eigenvalue weighted by Crippen LogP contribution is 2.38. The second-order valence-electron chi connectivity index (χ2n) is 9.29. The molecule has 5 aromatic rings. The van der Waals surface area contributed by atoms with E-state index in [9.17, 15) is 23.4 Å². The Bertz CT molecular complexity index is 1660. The van der Waals surface area contributed by atoms with Crippen LogP contribution in [0.25, 0.3) is 27.2 Å². The molecule has 1 saturated heterocycles. The average molecular weight is 558 g/mol. The first-order chi connectivity index (χ1) is 18.7. The van der Waals surface area contributed by atoms with Crippen molar-refractivity contribution in [3.05, 3.63) is 70.6 Å². The molecule has 1 fully saturated rings. The van der Waals surface area contributed by atoms with Crippen molar-refractivity contribution in [3.8, 4) is 16.9 Å². The maximum Gasteiger partial charge on any atom is 0.194 e. The number of nitrogens with zero attached hydrogens (tertiary/aromatic N) is 7. The van der Waals surface area contributed by atoms with Gasteiger partial charge in [0.25, 0.3) is 0 Å². The molecule has 14 heteroatoms. The smallest absolute Gasteiger partial charge is 0.194 e. The van der Waals surface area contributed by atoms with E-state index in [-0.39, 0.29) is 17.7 Å². The van der Waals surface area contributed by atoms with Gasteiger partial charge < -0.3 is 14.9 Å². The van der Waals surface area contributed by atoms with Crippen LogP contribution in [-0.4, -0.2) is 63.8 Å². The number of rotatable bonds is 5. The molecule has 0 bridgehead atoms. The Kier molecular flexibility index (Phi) is 6.41. The summed E-state index contributed by atoms with van der Waals surface area (Å²) in [4.78, 5) is 9.08. The van der Waals surface area contributed by atoms with Gasteiger partial charge in [-0.05, 0) is 44.2 Å². The SMILES string of the molecule is Cc1nc(C2CC(n3cc(-c4cc(F)c(F)c(F)c4)nn3)C(O)C(CO)O2)n(-c2ccc3nc(C)sc3c2)n1. The van der Waals surface area contributed by atoms with Gasteiger partial charge in [-0.1, -0.05) is 5.21 Å². The number of hydrogen-bond acceptors (Lipinski definition) is 9. The summed E-state index contributed by atoms with van der Waals surface area (Å²) in [5, 5.41) is 34.5. The molecular formula is C25H22F3N7O3S. The van der Waals surface area contributed by atoms with Gasteiger partial charge in [-0.3, -0.25) is 0 Å². The van der Waals surface area contributed by atoms with Gasteiger partial charge in [0.1, 0.15) is 29.8 Å². The lowest BCUT2D eigenvalue weighted by atomic mass is 9.95. The number of thiazole rings is 1. The fourth-order valence-electron chi connectivity index (χ4n) is 4.80. The van der Waals surface area contributed by atoms with Crippen molar-refractivity contribution in [2.45, 2.75) is 44.6 Å². The fourth-order valence-corrected chi connectivity index (χ4v) is 5.66. The second kappa shape index (κ2) is 9.79. The minimum atomic E-state index is -1.58. The Hall–Kier alpha value is -3.72. The lowest BCUT2D eigenvalue weighted by Crippen LogP contribution is -2.45. The highest BCUT2D eigenvalue weighted by atomic mass is 32.1.